The van der Waals surface area contributed by atoms with Gasteiger partial charge in [0, 0.05) is 20.2 Å². The fourth-order valence-corrected chi connectivity index (χ4v) is 1.50. The van der Waals surface area contributed by atoms with E-state index in [-0.39, 0.29) is 29.2 Å². The van der Waals surface area contributed by atoms with Crippen LogP contribution in [0, 0.1) is 5.82 Å². The second kappa shape index (κ2) is 5.86. The van der Waals surface area contributed by atoms with Crippen LogP contribution in [0.15, 0.2) is 16.6 Å². The normalized spacial score (nSPS) is 10.1. The number of nitrogens with zero attached hydrogens (tertiary/aromatic N) is 1. The van der Waals surface area contributed by atoms with Gasteiger partial charge in [0.15, 0.2) is 0 Å². The first kappa shape index (κ1) is 13.8. The molecule has 1 aromatic rings. The number of nitrogens with two attached hydrogens (primary N) is 1. The van der Waals surface area contributed by atoms with E-state index >= 15 is 0 Å². The molecule has 94 valence electrons. The van der Waals surface area contributed by atoms with Gasteiger partial charge in [0.1, 0.15) is 11.6 Å². The Morgan fingerprint density at radius 1 is 1.53 bits per heavy atom. The van der Waals surface area contributed by atoms with Crippen LogP contribution < -0.4 is 10.5 Å². The summed E-state index contributed by atoms with van der Waals surface area (Å²) in [5, 5.41) is 0. The second-order valence-corrected chi connectivity index (χ2v) is 4.55. The highest BCUT2D eigenvalue weighted by Gasteiger charge is 2.09. The number of halogens is 2. The van der Waals surface area contributed by atoms with Crippen molar-refractivity contribution in [3.05, 3.63) is 22.4 Å². The third-order valence-electron chi connectivity index (χ3n) is 2.13. The number of ether oxygens (including phenoxy) is 1. The molecule has 0 saturated heterocycles. The van der Waals surface area contributed by atoms with E-state index in [1.807, 2.05) is 0 Å². The molecule has 1 rings (SSSR count). The maximum atomic E-state index is 13.2. The fourth-order valence-electron chi connectivity index (χ4n) is 1.14. The lowest BCUT2D eigenvalue weighted by Gasteiger charge is -2.12. The number of amides is 1. The summed E-state index contributed by atoms with van der Waals surface area (Å²) >= 11 is 3.02. The molecule has 0 aliphatic carbocycles. The van der Waals surface area contributed by atoms with Gasteiger partial charge in [-0.1, -0.05) is 0 Å². The average Bonchev–Trinajstić information content (AvgIpc) is 2.25. The van der Waals surface area contributed by atoms with E-state index in [0.717, 1.165) is 0 Å². The van der Waals surface area contributed by atoms with E-state index in [1.165, 1.54) is 17.0 Å². The van der Waals surface area contributed by atoms with E-state index < -0.39 is 5.82 Å². The molecule has 0 aliphatic rings. The van der Waals surface area contributed by atoms with Crippen LogP contribution in [0.2, 0.25) is 0 Å². The number of carbonyl (C=O) groups excluding carboxylic acids is 1. The SMILES string of the molecule is CN(C)C(=O)CCOc1cc(F)c(Br)cc1N. The van der Waals surface area contributed by atoms with E-state index in [9.17, 15) is 9.18 Å². The molecule has 1 aromatic carbocycles. The highest BCUT2D eigenvalue weighted by Crippen LogP contribution is 2.28. The molecule has 0 aromatic heterocycles. The summed E-state index contributed by atoms with van der Waals surface area (Å²) in [7, 11) is 3.33. The number of nitrogen functional groups attached to an aromatic ring is 1. The van der Waals surface area contributed by atoms with Crippen LogP contribution in [-0.4, -0.2) is 31.5 Å². The monoisotopic (exact) mass is 304 g/mol. The molecule has 0 fully saturated rings. The zero-order valence-corrected chi connectivity index (χ0v) is 11.3. The highest BCUT2D eigenvalue weighted by atomic mass is 79.9. The Balaban J connectivity index is 2.58. The lowest BCUT2D eigenvalue weighted by molar-refractivity contribution is -0.129. The molecule has 0 bridgehead atoms. The highest BCUT2D eigenvalue weighted by molar-refractivity contribution is 9.10. The molecule has 6 heteroatoms. The first-order valence-corrected chi connectivity index (χ1v) is 5.78. The van der Waals surface area contributed by atoms with Crippen molar-refractivity contribution >= 4 is 27.5 Å². The Bertz CT molecular complexity index is 424. The van der Waals surface area contributed by atoms with Crippen molar-refractivity contribution in [2.75, 3.05) is 26.4 Å². The van der Waals surface area contributed by atoms with Crippen LogP contribution in [0.25, 0.3) is 0 Å². The summed E-state index contributed by atoms with van der Waals surface area (Å²) in [6.45, 7) is 0.169. The third-order valence-corrected chi connectivity index (χ3v) is 2.73. The Morgan fingerprint density at radius 3 is 2.76 bits per heavy atom. The topological polar surface area (TPSA) is 55.6 Å². The molecule has 0 spiro atoms. The van der Waals surface area contributed by atoms with Crippen molar-refractivity contribution in [2.45, 2.75) is 6.42 Å². The largest absolute Gasteiger partial charge is 0.491 e. The maximum Gasteiger partial charge on any atom is 0.225 e. The Morgan fingerprint density at radius 2 is 2.18 bits per heavy atom. The summed E-state index contributed by atoms with van der Waals surface area (Å²) < 4.78 is 18.8. The van der Waals surface area contributed by atoms with Gasteiger partial charge >= 0.3 is 0 Å². The summed E-state index contributed by atoms with van der Waals surface area (Å²) in [5.41, 5.74) is 5.98. The summed E-state index contributed by atoms with van der Waals surface area (Å²) in [6, 6.07) is 2.62. The van der Waals surface area contributed by atoms with Crippen LogP contribution in [0.3, 0.4) is 0 Å². The van der Waals surface area contributed by atoms with Gasteiger partial charge in [0.2, 0.25) is 5.91 Å². The molecule has 0 atom stereocenters. The molecule has 1 amide bonds. The van der Waals surface area contributed by atoms with Crippen molar-refractivity contribution in [3.8, 4) is 5.75 Å². The Kier molecular flexibility index (Phi) is 4.74. The quantitative estimate of drug-likeness (QED) is 0.866. The maximum absolute atomic E-state index is 13.2. The van der Waals surface area contributed by atoms with Crippen molar-refractivity contribution in [2.24, 2.45) is 0 Å². The van der Waals surface area contributed by atoms with Crippen LogP contribution >= 0.6 is 15.9 Å². The van der Waals surface area contributed by atoms with Crippen molar-refractivity contribution in [1.82, 2.24) is 4.90 Å². The molecular weight excluding hydrogens is 291 g/mol. The number of anilines is 1. The van der Waals surface area contributed by atoms with Crippen LogP contribution in [0.5, 0.6) is 5.75 Å². The standard InChI is InChI=1S/C11H14BrFN2O2/c1-15(2)11(16)3-4-17-10-6-8(13)7(12)5-9(10)14/h5-6H,3-4,14H2,1-2H3. The number of hydrogen-bond donors (Lipinski definition) is 1. The zero-order valence-electron chi connectivity index (χ0n) is 9.67. The zero-order chi connectivity index (χ0) is 13.0. The molecule has 2 N–H and O–H groups in total. The Hall–Kier alpha value is -1.30. The summed E-state index contributed by atoms with van der Waals surface area (Å²) in [5.74, 6) is -0.258. The first-order chi connectivity index (χ1) is 7.91. The van der Waals surface area contributed by atoms with Gasteiger partial charge in [-0.2, -0.15) is 0 Å². The van der Waals surface area contributed by atoms with E-state index in [1.54, 1.807) is 14.1 Å². The predicted octanol–water partition coefficient (Wildman–Crippen LogP) is 2.03. The summed E-state index contributed by atoms with van der Waals surface area (Å²) in [4.78, 5) is 12.7. The minimum atomic E-state index is -0.451. The smallest absolute Gasteiger partial charge is 0.225 e. The van der Waals surface area contributed by atoms with Crippen LogP contribution in [0.4, 0.5) is 10.1 Å². The molecule has 4 nitrogen and oxygen atoms in total. The molecule has 0 aliphatic heterocycles. The van der Waals surface area contributed by atoms with Gasteiger partial charge in [0.05, 0.1) is 23.2 Å². The molecule has 0 saturated carbocycles. The average molecular weight is 305 g/mol. The molecule has 17 heavy (non-hydrogen) atoms. The van der Waals surface area contributed by atoms with Crippen LogP contribution in [0.1, 0.15) is 6.42 Å². The van der Waals surface area contributed by atoms with Gasteiger partial charge in [0.25, 0.3) is 0 Å². The van der Waals surface area contributed by atoms with Gasteiger partial charge < -0.3 is 15.4 Å². The van der Waals surface area contributed by atoms with Gasteiger partial charge in [-0.3, -0.25) is 4.79 Å². The van der Waals surface area contributed by atoms with E-state index in [0.29, 0.717) is 5.69 Å². The molecular formula is C11H14BrFN2O2. The van der Waals surface area contributed by atoms with Crippen molar-refractivity contribution in [3.63, 3.8) is 0 Å². The lowest BCUT2D eigenvalue weighted by atomic mass is 10.3. The van der Waals surface area contributed by atoms with Gasteiger partial charge in [-0.05, 0) is 22.0 Å². The summed E-state index contributed by atoms with van der Waals surface area (Å²) in [6.07, 6.45) is 0.226. The predicted molar refractivity (Wildman–Crippen MR) is 67.3 cm³/mol. The number of hydrogen-bond acceptors (Lipinski definition) is 3. The molecule has 0 radical (unpaired) electrons. The minimum absolute atomic E-state index is 0.0545. The second-order valence-electron chi connectivity index (χ2n) is 3.69. The van der Waals surface area contributed by atoms with Gasteiger partial charge in [-0.15, -0.1) is 0 Å². The van der Waals surface area contributed by atoms with Crippen molar-refractivity contribution < 1.29 is 13.9 Å². The third kappa shape index (κ3) is 3.89. The number of benzene rings is 1. The van der Waals surface area contributed by atoms with Crippen LogP contribution in [-0.2, 0) is 4.79 Å². The number of rotatable bonds is 4. The minimum Gasteiger partial charge on any atom is -0.491 e. The van der Waals surface area contributed by atoms with Gasteiger partial charge in [-0.25, -0.2) is 4.39 Å². The lowest BCUT2D eigenvalue weighted by Crippen LogP contribution is -2.23. The molecule has 0 unspecified atom stereocenters. The number of carbonyl (C=O) groups is 1. The molecule has 0 heterocycles. The first-order valence-electron chi connectivity index (χ1n) is 4.99. The Labute approximate surface area is 108 Å². The van der Waals surface area contributed by atoms with E-state index in [2.05, 4.69) is 15.9 Å². The van der Waals surface area contributed by atoms with E-state index in [4.69, 9.17) is 10.5 Å². The van der Waals surface area contributed by atoms with Crippen molar-refractivity contribution in [1.29, 1.82) is 0 Å². The fraction of sp³-hybridized carbons (Fsp3) is 0.364.